The summed E-state index contributed by atoms with van der Waals surface area (Å²) >= 11 is 0. The summed E-state index contributed by atoms with van der Waals surface area (Å²) in [5.74, 6) is -0.791. The van der Waals surface area contributed by atoms with E-state index in [0.717, 1.165) is 29.9 Å². The number of amides is 4. The number of carbonyl (C=O) groups excluding carboxylic acids is 3. The summed E-state index contributed by atoms with van der Waals surface area (Å²) in [4.78, 5) is 36.8. The van der Waals surface area contributed by atoms with Crippen LogP contribution in [0.3, 0.4) is 0 Å². The molecular formula is C19H18F3N5O3. The minimum Gasteiger partial charge on any atom is -0.350 e. The molecule has 0 atom stereocenters. The molecule has 1 aromatic carbocycles. The zero-order chi connectivity index (χ0) is 21.5. The molecule has 8 nitrogen and oxygen atoms in total. The monoisotopic (exact) mass is 421 g/mol. The number of carbonyl (C=O) groups is 3. The summed E-state index contributed by atoms with van der Waals surface area (Å²) in [6, 6.07) is 4.28. The van der Waals surface area contributed by atoms with Crippen molar-refractivity contribution in [3.63, 3.8) is 0 Å². The molecule has 1 aliphatic heterocycles. The van der Waals surface area contributed by atoms with Gasteiger partial charge in [-0.05, 0) is 31.0 Å². The first-order valence-electron chi connectivity index (χ1n) is 9.37. The quantitative estimate of drug-likeness (QED) is 0.698. The average Bonchev–Trinajstić information content (AvgIpc) is 3.37. The molecule has 2 heterocycles. The summed E-state index contributed by atoms with van der Waals surface area (Å²) in [7, 11) is 0. The van der Waals surface area contributed by atoms with Crippen LogP contribution in [0.25, 0.3) is 5.69 Å². The van der Waals surface area contributed by atoms with Crippen LogP contribution in [0.15, 0.2) is 30.5 Å². The molecule has 2 aromatic rings. The Morgan fingerprint density at radius 1 is 1.27 bits per heavy atom. The SMILES string of the molecule is O=C(NCCN1C(=O)CNC1=O)c1cnn(-c2cccc(C(F)(F)F)c2)c1C1CC1. The van der Waals surface area contributed by atoms with E-state index in [9.17, 15) is 27.6 Å². The Balaban J connectivity index is 1.53. The maximum absolute atomic E-state index is 13.1. The fourth-order valence-corrected chi connectivity index (χ4v) is 3.36. The Kier molecular flexibility index (Phi) is 4.96. The van der Waals surface area contributed by atoms with E-state index in [2.05, 4.69) is 15.7 Å². The normalized spacial score (nSPS) is 16.7. The third-order valence-electron chi connectivity index (χ3n) is 4.99. The Labute approximate surface area is 169 Å². The number of rotatable bonds is 6. The highest BCUT2D eigenvalue weighted by molar-refractivity contribution is 6.02. The van der Waals surface area contributed by atoms with Gasteiger partial charge >= 0.3 is 12.2 Å². The van der Waals surface area contributed by atoms with E-state index in [1.54, 1.807) is 0 Å². The van der Waals surface area contributed by atoms with Crippen molar-refractivity contribution in [3.05, 3.63) is 47.3 Å². The number of urea groups is 1. The van der Waals surface area contributed by atoms with Crippen LogP contribution in [-0.4, -0.2) is 52.2 Å². The van der Waals surface area contributed by atoms with Gasteiger partial charge in [0.05, 0.1) is 35.2 Å². The topological polar surface area (TPSA) is 96.3 Å². The lowest BCUT2D eigenvalue weighted by molar-refractivity contribution is -0.137. The zero-order valence-corrected chi connectivity index (χ0v) is 15.7. The van der Waals surface area contributed by atoms with Gasteiger partial charge in [-0.1, -0.05) is 6.07 Å². The number of benzene rings is 1. The molecule has 2 aliphatic rings. The number of aromatic nitrogens is 2. The zero-order valence-electron chi connectivity index (χ0n) is 15.7. The van der Waals surface area contributed by atoms with Gasteiger partial charge in [0.1, 0.15) is 0 Å². The molecule has 4 rings (SSSR count). The van der Waals surface area contributed by atoms with Crippen molar-refractivity contribution in [2.75, 3.05) is 19.6 Å². The number of hydrogen-bond donors (Lipinski definition) is 2. The van der Waals surface area contributed by atoms with Crippen molar-refractivity contribution in [2.45, 2.75) is 24.9 Å². The van der Waals surface area contributed by atoms with Crippen molar-refractivity contribution >= 4 is 17.8 Å². The number of halogens is 3. The molecule has 0 bridgehead atoms. The molecule has 0 unspecified atom stereocenters. The Bertz CT molecular complexity index is 997. The lowest BCUT2D eigenvalue weighted by Gasteiger charge is -2.14. The molecule has 30 heavy (non-hydrogen) atoms. The first-order chi connectivity index (χ1) is 14.3. The highest BCUT2D eigenvalue weighted by Gasteiger charge is 2.35. The lowest BCUT2D eigenvalue weighted by atomic mass is 10.1. The predicted molar refractivity (Wildman–Crippen MR) is 98.0 cm³/mol. The van der Waals surface area contributed by atoms with Gasteiger partial charge in [0.25, 0.3) is 5.91 Å². The van der Waals surface area contributed by atoms with Crippen molar-refractivity contribution in [2.24, 2.45) is 0 Å². The van der Waals surface area contributed by atoms with Gasteiger partial charge in [-0.25, -0.2) is 9.48 Å². The molecule has 1 saturated carbocycles. The largest absolute Gasteiger partial charge is 0.416 e. The van der Waals surface area contributed by atoms with Crippen LogP contribution >= 0.6 is 0 Å². The molecular weight excluding hydrogens is 403 g/mol. The van der Waals surface area contributed by atoms with Crippen molar-refractivity contribution in [3.8, 4) is 5.69 Å². The number of nitrogens with zero attached hydrogens (tertiary/aromatic N) is 3. The van der Waals surface area contributed by atoms with E-state index >= 15 is 0 Å². The van der Waals surface area contributed by atoms with Gasteiger partial charge in [-0.15, -0.1) is 0 Å². The molecule has 2 N–H and O–H groups in total. The minimum absolute atomic E-state index is 0.0247. The van der Waals surface area contributed by atoms with Crippen molar-refractivity contribution in [1.82, 2.24) is 25.3 Å². The third kappa shape index (κ3) is 3.87. The molecule has 158 valence electrons. The van der Waals surface area contributed by atoms with Crippen LogP contribution in [0.2, 0.25) is 0 Å². The van der Waals surface area contributed by atoms with Crippen LogP contribution in [-0.2, 0) is 11.0 Å². The summed E-state index contributed by atoms with van der Waals surface area (Å²) in [5, 5.41) is 9.20. The summed E-state index contributed by atoms with van der Waals surface area (Å²) in [6.07, 6.45) is -1.53. The van der Waals surface area contributed by atoms with Crippen molar-refractivity contribution < 1.29 is 27.6 Å². The summed E-state index contributed by atoms with van der Waals surface area (Å²) in [5.41, 5.74) is 0.260. The molecule has 1 aromatic heterocycles. The minimum atomic E-state index is -4.48. The predicted octanol–water partition coefficient (Wildman–Crippen LogP) is 2.05. The van der Waals surface area contributed by atoms with Crippen LogP contribution in [0.1, 0.15) is 40.4 Å². The third-order valence-corrected chi connectivity index (χ3v) is 4.99. The van der Waals surface area contributed by atoms with E-state index in [0.29, 0.717) is 5.69 Å². The molecule has 4 amide bonds. The van der Waals surface area contributed by atoms with Crippen molar-refractivity contribution in [1.29, 1.82) is 0 Å². The van der Waals surface area contributed by atoms with Crippen LogP contribution in [0.4, 0.5) is 18.0 Å². The molecule has 0 spiro atoms. The Hall–Kier alpha value is -3.37. The van der Waals surface area contributed by atoms with E-state index in [1.165, 1.54) is 23.0 Å². The van der Waals surface area contributed by atoms with Gasteiger partial charge in [-0.3, -0.25) is 14.5 Å². The second-order valence-electron chi connectivity index (χ2n) is 7.14. The van der Waals surface area contributed by atoms with Crippen LogP contribution in [0.5, 0.6) is 0 Å². The van der Waals surface area contributed by atoms with Gasteiger partial charge in [-0.2, -0.15) is 18.3 Å². The van der Waals surface area contributed by atoms with E-state index in [4.69, 9.17) is 0 Å². The number of alkyl halides is 3. The standard InChI is InChI=1S/C19H18F3N5O3/c20-19(21,22)12-2-1-3-13(8-12)27-16(11-4-5-11)14(9-25-27)17(29)23-6-7-26-15(28)10-24-18(26)30/h1-3,8-9,11H,4-7,10H2,(H,23,29)(H,24,30). The van der Waals surface area contributed by atoms with E-state index in [-0.39, 0.29) is 42.7 Å². The maximum atomic E-state index is 13.1. The average molecular weight is 421 g/mol. The first-order valence-corrected chi connectivity index (χ1v) is 9.37. The van der Waals surface area contributed by atoms with Crippen LogP contribution in [0, 0.1) is 0 Å². The Morgan fingerprint density at radius 3 is 2.67 bits per heavy atom. The molecule has 11 heteroatoms. The Morgan fingerprint density at radius 2 is 2.03 bits per heavy atom. The smallest absolute Gasteiger partial charge is 0.350 e. The number of imide groups is 1. The van der Waals surface area contributed by atoms with Gasteiger partial charge in [0.15, 0.2) is 0 Å². The number of nitrogens with one attached hydrogen (secondary N) is 2. The summed E-state index contributed by atoms with van der Waals surface area (Å²) < 4.78 is 40.6. The highest BCUT2D eigenvalue weighted by Crippen LogP contribution is 2.42. The lowest BCUT2D eigenvalue weighted by Crippen LogP contribution is -2.38. The maximum Gasteiger partial charge on any atom is 0.416 e. The fourth-order valence-electron chi connectivity index (χ4n) is 3.36. The fraction of sp³-hybridized carbons (Fsp3) is 0.368. The molecule has 1 aliphatic carbocycles. The molecule has 1 saturated heterocycles. The van der Waals surface area contributed by atoms with E-state index < -0.39 is 23.7 Å². The molecule has 2 fully saturated rings. The van der Waals surface area contributed by atoms with E-state index in [1.807, 2.05) is 0 Å². The van der Waals surface area contributed by atoms with Gasteiger partial charge in [0.2, 0.25) is 5.91 Å². The van der Waals surface area contributed by atoms with Crippen LogP contribution < -0.4 is 10.6 Å². The highest BCUT2D eigenvalue weighted by atomic mass is 19.4. The van der Waals surface area contributed by atoms with Gasteiger partial charge in [0, 0.05) is 19.0 Å². The number of hydrogen-bond acceptors (Lipinski definition) is 4. The first kappa shape index (κ1) is 19.9. The van der Waals surface area contributed by atoms with Gasteiger partial charge < -0.3 is 10.6 Å². The summed E-state index contributed by atoms with van der Waals surface area (Å²) in [6.45, 7) is 0.0101. The second kappa shape index (κ2) is 7.47. The molecule has 0 radical (unpaired) electrons. The second-order valence-corrected chi connectivity index (χ2v) is 7.14.